The molecular weight excluding hydrogens is 440 g/mol. The summed E-state index contributed by atoms with van der Waals surface area (Å²) in [4.78, 5) is 31.7. The van der Waals surface area contributed by atoms with E-state index in [4.69, 9.17) is 5.73 Å². The first-order valence-corrected chi connectivity index (χ1v) is 12.4. The number of nitrogens with zero attached hydrogens (tertiary/aromatic N) is 1. The zero-order chi connectivity index (χ0) is 24.8. The van der Waals surface area contributed by atoms with Crippen LogP contribution in [0.1, 0.15) is 55.9 Å². The number of aliphatic hydroxyl groups is 1. The van der Waals surface area contributed by atoms with Crippen molar-refractivity contribution in [3.8, 4) is 0 Å². The van der Waals surface area contributed by atoms with E-state index in [2.05, 4.69) is 16.4 Å². The Bertz CT molecular complexity index is 1250. The lowest BCUT2D eigenvalue weighted by Crippen LogP contribution is -2.58. The standard InChI is InChI=1S/C28H34N4O3/c1-27(2,29)26(35)31-23(15-18-17-30-22-10-6-4-7-19(18)22)25(34)32-13-11-28(12-14-32)16-24(33)20-8-3-5-9-21(20)28/h3-10,17,23-24,30,33H,11-16,29H2,1-2H3,(H,31,35)/t23-,24-/m1/s1. The van der Waals surface area contributed by atoms with Gasteiger partial charge in [0.15, 0.2) is 0 Å². The Morgan fingerprint density at radius 2 is 1.86 bits per heavy atom. The van der Waals surface area contributed by atoms with Gasteiger partial charge in [-0.05, 0) is 55.9 Å². The van der Waals surface area contributed by atoms with E-state index >= 15 is 0 Å². The maximum atomic E-state index is 13.7. The number of rotatable bonds is 5. The number of piperidine rings is 1. The first-order valence-electron chi connectivity index (χ1n) is 12.4. The van der Waals surface area contributed by atoms with Crippen LogP contribution in [0.15, 0.2) is 54.7 Å². The number of hydrogen-bond acceptors (Lipinski definition) is 4. The zero-order valence-electron chi connectivity index (χ0n) is 20.4. The molecule has 1 aliphatic heterocycles. The summed E-state index contributed by atoms with van der Waals surface area (Å²) in [7, 11) is 0. The van der Waals surface area contributed by atoms with Crippen LogP contribution >= 0.6 is 0 Å². The minimum atomic E-state index is -1.09. The van der Waals surface area contributed by atoms with E-state index in [1.807, 2.05) is 53.6 Å². The molecule has 1 aliphatic carbocycles. The summed E-state index contributed by atoms with van der Waals surface area (Å²) in [5, 5.41) is 14.6. The number of nitrogens with two attached hydrogens (primary N) is 1. The maximum Gasteiger partial charge on any atom is 0.245 e. The number of H-pyrrole nitrogens is 1. The molecule has 5 N–H and O–H groups in total. The molecule has 2 heterocycles. The van der Waals surface area contributed by atoms with Gasteiger partial charge in [-0.2, -0.15) is 0 Å². The van der Waals surface area contributed by atoms with Crippen LogP contribution in [-0.2, 0) is 21.4 Å². The highest BCUT2D eigenvalue weighted by molar-refractivity contribution is 5.92. The molecule has 1 fully saturated rings. The normalized spacial score (nSPS) is 20.1. The van der Waals surface area contributed by atoms with Crippen molar-refractivity contribution < 1.29 is 14.7 Å². The van der Waals surface area contributed by atoms with Crippen LogP contribution in [0.5, 0.6) is 0 Å². The first kappa shape index (κ1) is 23.6. The molecule has 7 heteroatoms. The number of amides is 2. The quantitative estimate of drug-likeness (QED) is 0.456. The summed E-state index contributed by atoms with van der Waals surface area (Å²) < 4.78 is 0. The third-order valence-corrected chi connectivity index (χ3v) is 7.80. The number of likely N-dealkylation sites (tertiary alicyclic amines) is 1. The second kappa shape index (κ2) is 8.81. The number of aromatic amines is 1. The van der Waals surface area contributed by atoms with E-state index in [-0.39, 0.29) is 17.2 Å². The highest BCUT2D eigenvalue weighted by Crippen LogP contribution is 2.50. The van der Waals surface area contributed by atoms with Gasteiger partial charge < -0.3 is 26.0 Å². The van der Waals surface area contributed by atoms with Gasteiger partial charge in [0.2, 0.25) is 11.8 Å². The van der Waals surface area contributed by atoms with Crippen LogP contribution in [0.3, 0.4) is 0 Å². The second-order valence-corrected chi connectivity index (χ2v) is 10.7. The van der Waals surface area contributed by atoms with Crippen molar-refractivity contribution in [1.29, 1.82) is 0 Å². The molecule has 184 valence electrons. The number of nitrogens with one attached hydrogen (secondary N) is 2. The highest BCUT2D eigenvalue weighted by Gasteiger charge is 2.46. The number of fused-ring (bicyclic) bond motifs is 3. The van der Waals surface area contributed by atoms with Gasteiger partial charge in [0, 0.05) is 42.0 Å². The Morgan fingerprint density at radius 1 is 1.17 bits per heavy atom. The summed E-state index contributed by atoms with van der Waals surface area (Å²) >= 11 is 0. The topological polar surface area (TPSA) is 111 Å². The monoisotopic (exact) mass is 474 g/mol. The van der Waals surface area contributed by atoms with Gasteiger partial charge in [-0.3, -0.25) is 9.59 Å². The lowest BCUT2D eigenvalue weighted by molar-refractivity contribution is -0.138. The molecule has 2 aromatic carbocycles. The Labute approximate surface area is 205 Å². The number of aromatic nitrogens is 1. The van der Waals surface area contributed by atoms with Crippen LogP contribution in [0.25, 0.3) is 10.9 Å². The summed E-state index contributed by atoms with van der Waals surface area (Å²) in [6.07, 6.45) is 4.13. The molecule has 0 radical (unpaired) electrons. The fraction of sp³-hybridized carbons (Fsp3) is 0.429. The number of para-hydroxylation sites is 1. The molecule has 3 aromatic rings. The average molecular weight is 475 g/mol. The van der Waals surface area contributed by atoms with Crippen molar-refractivity contribution in [3.63, 3.8) is 0 Å². The molecule has 2 aliphatic rings. The second-order valence-electron chi connectivity index (χ2n) is 10.7. The molecule has 35 heavy (non-hydrogen) atoms. The highest BCUT2D eigenvalue weighted by atomic mass is 16.3. The van der Waals surface area contributed by atoms with Crippen LogP contribution in [0.4, 0.5) is 0 Å². The predicted octanol–water partition coefficient (Wildman–Crippen LogP) is 2.93. The van der Waals surface area contributed by atoms with Gasteiger partial charge in [-0.1, -0.05) is 42.5 Å². The fourth-order valence-corrected chi connectivity index (χ4v) is 5.77. The Hall–Kier alpha value is -3.16. The molecule has 0 bridgehead atoms. The Morgan fingerprint density at radius 3 is 2.60 bits per heavy atom. The van der Waals surface area contributed by atoms with Crippen molar-refractivity contribution in [3.05, 3.63) is 71.4 Å². The Kier molecular flexibility index (Phi) is 5.93. The first-order chi connectivity index (χ1) is 16.7. The molecule has 1 aromatic heterocycles. The molecule has 7 nitrogen and oxygen atoms in total. The molecular formula is C28H34N4O3. The third-order valence-electron chi connectivity index (χ3n) is 7.80. The van der Waals surface area contributed by atoms with Crippen molar-refractivity contribution in [2.45, 2.75) is 62.6 Å². The van der Waals surface area contributed by atoms with Gasteiger partial charge >= 0.3 is 0 Å². The van der Waals surface area contributed by atoms with Crippen LogP contribution in [0.2, 0.25) is 0 Å². The summed E-state index contributed by atoms with van der Waals surface area (Å²) in [6, 6.07) is 15.4. The summed E-state index contributed by atoms with van der Waals surface area (Å²) in [5.74, 6) is -0.438. The van der Waals surface area contributed by atoms with E-state index < -0.39 is 17.7 Å². The molecule has 0 saturated carbocycles. The molecule has 0 unspecified atom stereocenters. The van der Waals surface area contributed by atoms with Crippen molar-refractivity contribution >= 4 is 22.7 Å². The van der Waals surface area contributed by atoms with Gasteiger partial charge in [0.1, 0.15) is 6.04 Å². The maximum absolute atomic E-state index is 13.7. The molecule has 2 amide bonds. The van der Waals surface area contributed by atoms with E-state index in [0.717, 1.165) is 34.9 Å². The lowest BCUT2D eigenvalue weighted by Gasteiger charge is -2.41. The fourth-order valence-electron chi connectivity index (χ4n) is 5.77. The number of carbonyl (C=O) groups excluding carboxylic acids is 2. The summed E-state index contributed by atoms with van der Waals surface area (Å²) in [6.45, 7) is 4.46. The van der Waals surface area contributed by atoms with Gasteiger partial charge in [0.25, 0.3) is 0 Å². The SMILES string of the molecule is CC(C)(N)C(=O)N[C@H](Cc1c[nH]c2ccccc12)C(=O)N1CCC2(CC1)C[C@@H](O)c1ccccc12. The number of hydrogen-bond donors (Lipinski definition) is 4. The molecule has 5 rings (SSSR count). The van der Waals surface area contributed by atoms with Crippen LogP contribution in [-0.4, -0.2) is 51.5 Å². The van der Waals surface area contributed by atoms with Gasteiger partial charge in [-0.25, -0.2) is 0 Å². The van der Waals surface area contributed by atoms with Crippen molar-refractivity contribution in [2.75, 3.05) is 13.1 Å². The minimum Gasteiger partial charge on any atom is -0.388 e. The van der Waals surface area contributed by atoms with Gasteiger partial charge in [0.05, 0.1) is 11.6 Å². The molecule has 2 atom stereocenters. The zero-order valence-corrected chi connectivity index (χ0v) is 20.4. The predicted molar refractivity (Wildman–Crippen MR) is 136 cm³/mol. The summed E-state index contributed by atoms with van der Waals surface area (Å²) in [5.41, 5.74) is 9.07. The van der Waals surface area contributed by atoms with E-state index in [1.54, 1.807) is 13.8 Å². The van der Waals surface area contributed by atoms with E-state index in [9.17, 15) is 14.7 Å². The van der Waals surface area contributed by atoms with E-state index in [0.29, 0.717) is 25.9 Å². The molecule has 1 spiro atoms. The Balaban J connectivity index is 1.36. The van der Waals surface area contributed by atoms with Crippen molar-refractivity contribution in [2.24, 2.45) is 5.73 Å². The van der Waals surface area contributed by atoms with Gasteiger partial charge in [-0.15, -0.1) is 0 Å². The largest absolute Gasteiger partial charge is 0.388 e. The minimum absolute atomic E-state index is 0.0884. The van der Waals surface area contributed by atoms with Crippen molar-refractivity contribution in [1.82, 2.24) is 15.2 Å². The third kappa shape index (κ3) is 4.34. The lowest BCUT2D eigenvalue weighted by atomic mass is 9.73. The average Bonchev–Trinajstić information content (AvgIpc) is 3.37. The number of aliphatic hydroxyl groups excluding tert-OH is 1. The van der Waals surface area contributed by atoms with E-state index in [1.165, 1.54) is 5.56 Å². The van der Waals surface area contributed by atoms with Crippen LogP contribution < -0.4 is 11.1 Å². The van der Waals surface area contributed by atoms with Crippen LogP contribution in [0, 0.1) is 0 Å². The molecule has 1 saturated heterocycles. The number of benzene rings is 2. The number of carbonyl (C=O) groups is 2. The smallest absolute Gasteiger partial charge is 0.245 e.